The van der Waals surface area contributed by atoms with Crippen molar-refractivity contribution in [3.63, 3.8) is 0 Å². The van der Waals surface area contributed by atoms with E-state index in [2.05, 4.69) is 15.2 Å². The minimum absolute atomic E-state index is 0.00938. The number of hydrogen-bond donors (Lipinski definition) is 0. The molecule has 0 bridgehead atoms. The molecule has 2 aromatic heterocycles. The van der Waals surface area contributed by atoms with Crippen LogP contribution in [0, 0.1) is 0 Å². The van der Waals surface area contributed by atoms with Crippen molar-refractivity contribution < 1.29 is 9.53 Å². The fraction of sp³-hybridized carbons (Fsp3) is 0.238. The first-order valence-corrected chi connectivity index (χ1v) is 10.4. The molecule has 0 aliphatic carbocycles. The Balaban J connectivity index is 1.48. The van der Waals surface area contributed by atoms with Crippen molar-refractivity contribution in [1.29, 1.82) is 0 Å². The standard InChI is InChI=1S/C21H19N5O2S/c27-20(18-13-22-26(24-18)15-7-2-1-3-8-15)25(14-16-9-6-12-28-16)21-23-17-10-4-5-11-19(17)29-21/h1-5,7-8,10-11,13,16H,6,9,12,14H2. The molecule has 1 aliphatic heterocycles. The van der Waals surface area contributed by atoms with Crippen LogP contribution in [0.1, 0.15) is 23.3 Å². The van der Waals surface area contributed by atoms with Gasteiger partial charge in [0.15, 0.2) is 10.8 Å². The first-order chi connectivity index (χ1) is 14.3. The number of para-hydroxylation sites is 2. The number of rotatable bonds is 5. The van der Waals surface area contributed by atoms with Gasteiger partial charge in [0.2, 0.25) is 0 Å². The van der Waals surface area contributed by atoms with E-state index in [-0.39, 0.29) is 17.7 Å². The lowest BCUT2D eigenvalue weighted by atomic mass is 10.2. The van der Waals surface area contributed by atoms with E-state index in [9.17, 15) is 4.79 Å². The molecule has 146 valence electrons. The van der Waals surface area contributed by atoms with Gasteiger partial charge in [0.1, 0.15) is 0 Å². The summed E-state index contributed by atoms with van der Waals surface area (Å²) in [6.45, 7) is 1.19. The van der Waals surface area contributed by atoms with Gasteiger partial charge in [-0.3, -0.25) is 9.69 Å². The highest BCUT2D eigenvalue weighted by atomic mass is 32.1. The summed E-state index contributed by atoms with van der Waals surface area (Å²) in [6.07, 6.45) is 3.46. The second-order valence-electron chi connectivity index (χ2n) is 6.87. The molecule has 1 saturated heterocycles. The van der Waals surface area contributed by atoms with E-state index in [0.717, 1.165) is 35.4 Å². The summed E-state index contributed by atoms with van der Waals surface area (Å²) < 4.78 is 6.82. The number of benzene rings is 2. The van der Waals surface area contributed by atoms with Crippen molar-refractivity contribution in [2.75, 3.05) is 18.1 Å². The second kappa shape index (κ2) is 7.73. The minimum atomic E-state index is -0.221. The molecule has 1 aliphatic rings. The second-order valence-corrected chi connectivity index (χ2v) is 7.88. The number of amides is 1. The van der Waals surface area contributed by atoms with Crippen LogP contribution >= 0.6 is 11.3 Å². The summed E-state index contributed by atoms with van der Waals surface area (Å²) in [5.74, 6) is -0.221. The van der Waals surface area contributed by atoms with Gasteiger partial charge >= 0.3 is 0 Å². The largest absolute Gasteiger partial charge is 0.376 e. The summed E-state index contributed by atoms with van der Waals surface area (Å²) in [5, 5.41) is 9.33. The molecular weight excluding hydrogens is 386 g/mol. The Kier molecular flexibility index (Phi) is 4.79. The van der Waals surface area contributed by atoms with Gasteiger partial charge < -0.3 is 4.74 Å². The molecule has 0 radical (unpaired) electrons. The Bertz CT molecular complexity index is 1100. The number of hydrogen-bond acceptors (Lipinski definition) is 6. The number of thiazole rings is 1. The molecule has 3 heterocycles. The number of carbonyl (C=O) groups is 1. The van der Waals surface area contributed by atoms with Crippen LogP contribution in [0.5, 0.6) is 0 Å². The van der Waals surface area contributed by atoms with E-state index in [1.807, 2.05) is 54.6 Å². The van der Waals surface area contributed by atoms with Crippen molar-refractivity contribution >= 4 is 32.6 Å². The molecule has 0 N–H and O–H groups in total. The molecule has 1 amide bonds. The maximum Gasteiger partial charge on any atom is 0.282 e. The molecule has 1 atom stereocenters. The molecule has 0 saturated carbocycles. The molecule has 2 aromatic carbocycles. The van der Waals surface area contributed by atoms with Crippen LogP contribution in [0.25, 0.3) is 15.9 Å². The number of nitrogens with zero attached hydrogens (tertiary/aromatic N) is 5. The molecule has 1 unspecified atom stereocenters. The van der Waals surface area contributed by atoms with E-state index < -0.39 is 0 Å². The van der Waals surface area contributed by atoms with Crippen LogP contribution in [0.2, 0.25) is 0 Å². The number of fused-ring (bicyclic) bond motifs is 1. The van der Waals surface area contributed by atoms with Crippen LogP contribution < -0.4 is 4.90 Å². The maximum atomic E-state index is 13.4. The third kappa shape index (κ3) is 3.64. The van der Waals surface area contributed by atoms with Crippen LogP contribution in [0.3, 0.4) is 0 Å². The van der Waals surface area contributed by atoms with Gasteiger partial charge in [-0.2, -0.15) is 9.90 Å². The third-order valence-electron chi connectivity index (χ3n) is 4.87. The van der Waals surface area contributed by atoms with Crippen LogP contribution in [-0.4, -0.2) is 45.1 Å². The van der Waals surface area contributed by atoms with Crippen molar-refractivity contribution in [2.24, 2.45) is 0 Å². The lowest BCUT2D eigenvalue weighted by Crippen LogP contribution is -2.37. The van der Waals surface area contributed by atoms with Gasteiger partial charge in [0, 0.05) is 6.61 Å². The molecular formula is C21H19N5O2S. The molecule has 4 aromatic rings. The van der Waals surface area contributed by atoms with Crippen molar-refractivity contribution in [2.45, 2.75) is 18.9 Å². The topological polar surface area (TPSA) is 73.1 Å². The smallest absolute Gasteiger partial charge is 0.282 e. The van der Waals surface area contributed by atoms with Gasteiger partial charge in [0.05, 0.1) is 34.7 Å². The van der Waals surface area contributed by atoms with Crippen LogP contribution in [-0.2, 0) is 4.74 Å². The average Bonchev–Trinajstić information content (AvgIpc) is 3.52. The minimum Gasteiger partial charge on any atom is -0.376 e. The summed E-state index contributed by atoms with van der Waals surface area (Å²) in [6, 6.07) is 17.4. The predicted molar refractivity (Wildman–Crippen MR) is 112 cm³/mol. The number of anilines is 1. The fourth-order valence-electron chi connectivity index (χ4n) is 3.40. The molecule has 1 fully saturated rings. The fourth-order valence-corrected chi connectivity index (χ4v) is 4.37. The lowest BCUT2D eigenvalue weighted by molar-refractivity contribution is 0.0913. The quantitative estimate of drug-likeness (QED) is 0.506. The molecule has 7 nitrogen and oxygen atoms in total. The zero-order chi connectivity index (χ0) is 19.6. The average molecular weight is 405 g/mol. The summed E-state index contributed by atoms with van der Waals surface area (Å²) in [7, 11) is 0. The van der Waals surface area contributed by atoms with Crippen molar-refractivity contribution in [3.8, 4) is 5.69 Å². The van der Waals surface area contributed by atoms with E-state index in [4.69, 9.17) is 4.74 Å². The van der Waals surface area contributed by atoms with Crippen molar-refractivity contribution in [1.82, 2.24) is 20.0 Å². The molecule has 8 heteroatoms. The highest BCUT2D eigenvalue weighted by Crippen LogP contribution is 2.30. The Morgan fingerprint density at radius 3 is 2.79 bits per heavy atom. The van der Waals surface area contributed by atoms with Gasteiger partial charge in [-0.15, -0.1) is 5.10 Å². The monoisotopic (exact) mass is 405 g/mol. The van der Waals surface area contributed by atoms with Gasteiger partial charge in [-0.05, 0) is 37.1 Å². The zero-order valence-electron chi connectivity index (χ0n) is 15.6. The Hall–Kier alpha value is -3.10. The van der Waals surface area contributed by atoms with E-state index >= 15 is 0 Å². The first-order valence-electron chi connectivity index (χ1n) is 9.55. The summed E-state index contributed by atoms with van der Waals surface area (Å²) >= 11 is 1.50. The van der Waals surface area contributed by atoms with Gasteiger partial charge in [-0.25, -0.2) is 4.98 Å². The van der Waals surface area contributed by atoms with Gasteiger partial charge in [0.25, 0.3) is 5.91 Å². The summed E-state index contributed by atoms with van der Waals surface area (Å²) in [4.78, 5) is 21.2. The Morgan fingerprint density at radius 1 is 1.17 bits per heavy atom. The zero-order valence-corrected chi connectivity index (χ0v) is 16.5. The van der Waals surface area contributed by atoms with E-state index in [1.54, 1.807) is 4.90 Å². The molecule has 0 spiro atoms. The number of ether oxygens (including phenoxy) is 1. The highest BCUT2D eigenvalue weighted by Gasteiger charge is 2.28. The Labute approximate surface area is 171 Å². The maximum absolute atomic E-state index is 13.4. The summed E-state index contributed by atoms with van der Waals surface area (Å²) in [5.41, 5.74) is 1.97. The van der Waals surface area contributed by atoms with Crippen LogP contribution in [0.4, 0.5) is 5.13 Å². The Morgan fingerprint density at radius 2 is 2.00 bits per heavy atom. The van der Waals surface area contributed by atoms with Crippen LogP contribution in [0.15, 0.2) is 60.8 Å². The van der Waals surface area contributed by atoms with Crippen molar-refractivity contribution in [3.05, 3.63) is 66.5 Å². The first kappa shape index (κ1) is 18.0. The SMILES string of the molecule is O=C(c1cnn(-c2ccccc2)n1)N(CC1CCCO1)c1nc2ccccc2s1. The predicted octanol–water partition coefficient (Wildman–Crippen LogP) is 3.70. The molecule has 29 heavy (non-hydrogen) atoms. The third-order valence-corrected chi connectivity index (χ3v) is 5.93. The van der Waals surface area contributed by atoms with E-state index in [1.165, 1.54) is 22.3 Å². The number of carbonyl (C=O) groups excluding carboxylic acids is 1. The molecule has 5 rings (SSSR count). The number of aromatic nitrogens is 4. The highest BCUT2D eigenvalue weighted by molar-refractivity contribution is 7.22. The normalized spacial score (nSPS) is 16.3. The van der Waals surface area contributed by atoms with E-state index in [0.29, 0.717) is 11.7 Å². The lowest BCUT2D eigenvalue weighted by Gasteiger charge is -2.22. The van der Waals surface area contributed by atoms with Gasteiger partial charge in [-0.1, -0.05) is 41.7 Å².